The quantitative estimate of drug-likeness (QED) is 0.614. The topological polar surface area (TPSA) is 102 Å². The lowest BCUT2D eigenvalue weighted by Crippen LogP contribution is -2.31. The zero-order valence-corrected chi connectivity index (χ0v) is 16.3. The number of carbonyl (C=O) groups excluding carboxylic acids is 2. The smallest absolute Gasteiger partial charge is 0.341 e. The predicted molar refractivity (Wildman–Crippen MR) is 100 cm³/mol. The normalized spacial score (nSPS) is 15.5. The molecule has 0 bridgehead atoms. The lowest BCUT2D eigenvalue weighted by molar-refractivity contribution is -0.139. The number of carbonyl (C=O) groups is 3. The van der Waals surface area contributed by atoms with Gasteiger partial charge in [0.15, 0.2) is 18.1 Å². The van der Waals surface area contributed by atoms with Gasteiger partial charge in [-0.1, -0.05) is 11.6 Å². The van der Waals surface area contributed by atoms with Crippen molar-refractivity contribution in [1.82, 2.24) is 4.90 Å². The molecule has 1 aliphatic rings. The second-order valence-electron chi connectivity index (χ2n) is 5.27. The third-order valence-corrected chi connectivity index (χ3v) is 4.55. The first kappa shape index (κ1) is 21.1. The average molecular weight is 416 g/mol. The standard InChI is InChI=1S/C17H18ClNO7S/c1-3-25-12-7-10(6-11(18)15(12)26-9-14(20)21)8-13-16(22)19(4-5-24-2)17(23)27-13/h6-8H,3-5,9H2,1-2H3,(H,20,21). The molecule has 0 spiro atoms. The summed E-state index contributed by atoms with van der Waals surface area (Å²) in [6.45, 7) is 1.91. The molecule has 0 radical (unpaired) electrons. The van der Waals surface area contributed by atoms with Crippen LogP contribution in [0.1, 0.15) is 12.5 Å². The third kappa shape index (κ3) is 5.38. The molecule has 2 amide bonds. The van der Waals surface area contributed by atoms with Crippen LogP contribution in [0, 0.1) is 0 Å². The Bertz CT molecular complexity index is 781. The summed E-state index contributed by atoms with van der Waals surface area (Å²) in [6, 6.07) is 3.07. The molecule has 1 aromatic carbocycles. The molecule has 1 aromatic rings. The van der Waals surface area contributed by atoms with Crippen LogP contribution in [-0.4, -0.2) is 60.6 Å². The summed E-state index contributed by atoms with van der Waals surface area (Å²) in [7, 11) is 1.49. The van der Waals surface area contributed by atoms with Crippen molar-refractivity contribution in [3.63, 3.8) is 0 Å². The Morgan fingerprint density at radius 3 is 2.70 bits per heavy atom. The Kier molecular flexibility index (Phi) is 7.52. The van der Waals surface area contributed by atoms with Crippen LogP contribution in [0.5, 0.6) is 11.5 Å². The van der Waals surface area contributed by atoms with Crippen LogP contribution in [0.15, 0.2) is 17.0 Å². The van der Waals surface area contributed by atoms with E-state index >= 15 is 0 Å². The molecule has 0 aromatic heterocycles. The summed E-state index contributed by atoms with van der Waals surface area (Å²) in [5.74, 6) is -1.22. The maximum Gasteiger partial charge on any atom is 0.341 e. The molecule has 27 heavy (non-hydrogen) atoms. The number of halogens is 1. The van der Waals surface area contributed by atoms with Gasteiger partial charge in [-0.3, -0.25) is 14.5 Å². The molecule has 146 valence electrons. The second-order valence-corrected chi connectivity index (χ2v) is 6.67. The Morgan fingerprint density at radius 2 is 2.07 bits per heavy atom. The molecule has 10 heteroatoms. The SMILES string of the molecule is CCOc1cc(C=C2SC(=O)N(CCOC)C2=O)cc(Cl)c1OCC(=O)O. The van der Waals surface area contributed by atoms with E-state index < -0.39 is 18.5 Å². The van der Waals surface area contributed by atoms with E-state index in [-0.39, 0.29) is 39.8 Å². The molecule has 1 N–H and O–H groups in total. The molecule has 0 atom stereocenters. The van der Waals surface area contributed by atoms with Gasteiger partial charge in [-0.25, -0.2) is 4.79 Å². The highest BCUT2D eigenvalue weighted by molar-refractivity contribution is 8.18. The van der Waals surface area contributed by atoms with E-state index in [9.17, 15) is 14.4 Å². The van der Waals surface area contributed by atoms with E-state index in [0.717, 1.165) is 16.7 Å². The Labute approximate surface area is 165 Å². The molecule has 1 saturated heterocycles. The molecule has 1 aliphatic heterocycles. The minimum absolute atomic E-state index is 0.103. The van der Waals surface area contributed by atoms with Gasteiger partial charge in [0.25, 0.3) is 11.1 Å². The number of amides is 2. The van der Waals surface area contributed by atoms with Crippen LogP contribution < -0.4 is 9.47 Å². The third-order valence-electron chi connectivity index (χ3n) is 3.36. The van der Waals surface area contributed by atoms with Crippen molar-refractivity contribution in [3.8, 4) is 11.5 Å². The molecular formula is C17H18ClNO7S. The van der Waals surface area contributed by atoms with E-state index in [0.29, 0.717) is 12.2 Å². The number of hydrogen-bond donors (Lipinski definition) is 1. The minimum atomic E-state index is -1.15. The number of carboxylic acids is 1. The van der Waals surface area contributed by atoms with E-state index in [1.807, 2.05) is 0 Å². The lowest BCUT2D eigenvalue weighted by Gasteiger charge is -2.13. The van der Waals surface area contributed by atoms with Gasteiger partial charge < -0.3 is 19.3 Å². The first-order chi connectivity index (χ1) is 12.9. The van der Waals surface area contributed by atoms with E-state index in [1.165, 1.54) is 19.3 Å². The van der Waals surface area contributed by atoms with Crippen LogP contribution in [0.25, 0.3) is 6.08 Å². The number of aliphatic carboxylic acids is 1. The van der Waals surface area contributed by atoms with Crippen molar-refractivity contribution >= 4 is 46.6 Å². The summed E-state index contributed by atoms with van der Waals surface area (Å²) >= 11 is 7.01. The fourth-order valence-corrected chi connectivity index (χ4v) is 3.37. The maximum atomic E-state index is 12.4. The van der Waals surface area contributed by atoms with Crippen molar-refractivity contribution in [1.29, 1.82) is 0 Å². The second kappa shape index (κ2) is 9.63. The van der Waals surface area contributed by atoms with Crippen LogP contribution in [-0.2, 0) is 14.3 Å². The number of hydrogen-bond acceptors (Lipinski definition) is 7. The number of nitrogens with zero attached hydrogens (tertiary/aromatic N) is 1. The van der Waals surface area contributed by atoms with Crippen molar-refractivity contribution in [2.45, 2.75) is 6.92 Å². The van der Waals surface area contributed by atoms with Gasteiger partial charge in [-0.15, -0.1) is 0 Å². The predicted octanol–water partition coefficient (Wildman–Crippen LogP) is 2.88. The van der Waals surface area contributed by atoms with Crippen LogP contribution >= 0.6 is 23.4 Å². The van der Waals surface area contributed by atoms with Crippen LogP contribution in [0.3, 0.4) is 0 Å². The van der Waals surface area contributed by atoms with Crippen molar-refractivity contribution in [2.75, 3.05) is 33.5 Å². The van der Waals surface area contributed by atoms with Gasteiger partial charge in [-0.05, 0) is 42.5 Å². The monoisotopic (exact) mass is 415 g/mol. The summed E-state index contributed by atoms with van der Waals surface area (Å²) in [4.78, 5) is 36.4. The zero-order valence-electron chi connectivity index (χ0n) is 14.7. The number of ether oxygens (including phenoxy) is 3. The molecule has 1 heterocycles. The van der Waals surface area contributed by atoms with Gasteiger partial charge in [0, 0.05) is 7.11 Å². The molecule has 8 nitrogen and oxygen atoms in total. The maximum absolute atomic E-state index is 12.4. The fourth-order valence-electron chi connectivity index (χ4n) is 2.23. The van der Waals surface area contributed by atoms with E-state index in [1.54, 1.807) is 13.0 Å². The first-order valence-electron chi connectivity index (χ1n) is 7.92. The largest absolute Gasteiger partial charge is 0.490 e. The Balaban J connectivity index is 2.30. The van der Waals surface area contributed by atoms with Gasteiger partial charge in [0.1, 0.15) is 0 Å². The zero-order chi connectivity index (χ0) is 20.0. The summed E-state index contributed by atoms with van der Waals surface area (Å²) in [5, 5.41) is 8.52. The highest BCUT2D eigenvalue weighted by atomic mass is 35.5. The van der Waals surface area contributed by atoms with Gasteiger partial charge >= 0.3 is 5.97 Å². The van der Waals surface area contributed by atoms with E-state index in [2.05, 4.69) is 0 Å². The molecular weight excluding hydrogens is 398 g/mol. The van der Waals surface area contributed by atoms with Crippen LogP contribution in [0.4, 0.5) is 4.79 Å². The van der Waals surface area contributed by atoms with Crippen molar-refractivity contribution in [3.05, 3.63) is 27.6 Å². The number of thioether (sulfide) groups is 1. The summed E-state index contributed by atoms with van der Waals surface area (Å²) < 4.78 is 15.5. The van der Waals surface area contributed by atoms with Crippen molar-refractivity contribution < 1.29 is 33.7 Å². The highest BCUT2D eigenvalue weighted by Gasteiger charge is 2.34. The first-order valence-corrected chi connectivity index (χ1v) is 9.12. The molecule has 0 saturated carbocycles. The average Bonchev–Trinajstić information content (AvgIpc) is 2.86. The molecule has 1 fully saturated rings. The number of benzene rings is 1. The van der Waals surface area contributed by atoms with Gasteiger partial charge in [-0.2, -0.15) is 0 Å². The molecule has 2 rings (SSSR count). The molecule has 0 unspecified atom stereocenters. The van der Waals surface area contributed by atoms with Gasteiger partial charge in [0.2, 0.25) is 0 Å². The Hall–Kier alpha value is -2.23. The number of imide groups is 1. The fraction of sp³-hybridized carbons (Fsp3) is 0.353. The number of carboxylic acid groups (broad SMARTS) is 1. The lowest BCUT2D eigenvalue weighted by atomic mass is 10.1. The highest BCUT2D eigenvalue weighted by Crippen LogP contribution is 2.39. The number of rotatable bonds is 9. The van der Waals surface area contributed by atoms with Crippen LogP contribution in [0.2, 0.25) is 5.02 Å². The number of methoxy groups -OCH3 is 1. The van der Waals surface area contributed by atoms with Gasteiger partial charge in [0.05, 0.1) is 29.7 Å². The minimum Gasteiger partial charge on any atom is -0.490 e. The van der Waals surface area contributed by atoms with Crippen molar-refractivity contribution in [2.24, 2.45) is 0 Å². The summed E-state index contributed by atoms with van der Waals surface area (Å²) in [6.07, 6.45) is 1.52. The molecule has 0 aliphatic carbocycles. The summed E-state index contributed by atoms with van der Waals surface area (Å²) in [5.41, 5.74) is 0.517. The van der Waals surface area contributed by atoms with E-state index in [4.69, 9.17) is 30.9 Å². The Morgan fingerprint density at radius 1 is 1.33 bits per heavy atom.